The van der Waals surface area contributed by atoms with Crippen molar-refractivity contribution in [1.82, 2.24) is 9.55 Å². The molecule has 13 heteroatoms. The van der Waals surface area contributed by atoms with Crippen LogP contribution in [0, 0.1) is 0 Å². The Morgan fingerprint density at radius 3 is 2.48 bits per heavy atom. The number of aliphatic hydroxyl groups is 1. The number of hydrogen-bond donors (Lipinski definition) is 2. The van der Waals surface area contributed by atoms with Crippen LogP contribution >= 0.6 is 7.60 Å². The molecule has 1 aromatic rings. The van der Waals surface area contributed by atoms with E-state index in [4.69, 9.17) is 23.3 Å². The Morgan fingerprint density at radius 1 is 1.32 bits per heavy atom. The van der Waals surface area contributed by atoms with Gasteiger partial charge in [0.1, 0.15) is 24.1 Å². The van der Waals surface area contributed by atoms with Gasteiger partial charge in [0.25, 0.3) is 0 Å². The molecule has 174 valence electrons. The van der Waals surface area contributed by atoms with Crippen molar-refractivity contribution in [3.8, 4) is 0 Å². The van der Waals surface area contributed by atoms with Gasteiger partial charge in [-0.05, 0) is 33.8 Å². The van der Waals surface area contributed by atoms with Crippen molar-refractivity contribution in [3.63, 3.8) is 0 Å². The Hall–Kier alpha value is -1.66. The fourth-order valence-corrected chi connectivity index (χ4v) is 5.36. The maximum absolute atomic E-state index is 13.1. The summed E-state index contributed by atoms with van der Waals surface area (Å²) in [5, 5.41) is 13.3. The number of carbonyl (C=O) groups is 1. The van der Waals surface area contributed by atoms with Gasteiger partial charge >= 0.3 is 13.3 Å². The van der Waals surface area contributed by atoms with Crippen molar-refractivity contribution < 1.29 is 37.7 Å². The van der Waals surface area contributed by atoms with Crippen molar-refractivity contribution in [3.05, 3.63) is 22.7 Å². The molecule has 1 aromatic heterocycles. The van der Waals surface area contributed by atoms with E-state index in [0.29, 0.717) is 0 Å². The quantitative estimate of drug-likeness (QED) is 0.541. The molecule has 2 N–H and O–H groups in total. The van der Waals surface area contributed by atoms with Crippen LogP contribution in [-0.4, -0.2) is 63.7 Å². The Bertz CT molecular complexity index is 911. The largest absolute Gasteiger partial charge is 0.378 e. The molecule has 2 fully saturated rings. The lowest BCUT2D eigenvalue weighted by atomic mass is 10.1. The van der Waals surface area contributed by atoms with Crippen LogP contribution in [0.3, 0.4) is 0 Å². The minimum Gasteiger partial charge on any atom is -0.378 e. The van der Waals surface area contributed by atoms with Crippen molar-refractivity contribution in [1.29, 1.82) is 0 Å². The first kappa shape index (κ1) is 24.0. The second-order valence-corrected chi connectivity index (χ2v) is 9.65. The average Bonchev–Trinajstić information content (AvgIpc) is 3.14. The van der Waals surface area contributed by atoms with Crippen molar-refractivity contribution in [2.45, 2.75) is 70.8 Å². The fourth-order valence-electron chi connectivity index (χ4n) is 3.66. The van der Waals surface area contributed by atoms with E-state index in [1.165, 1.54) is 19.2 Å². The lowest BCUT2D eigenvalue weighted by Crippen LogP contribution is -2.39. The minimum absolute atomic E-state index is 0.0510. The number of rotatable bonds is 8. The summed E-state index contributed by atoms with van der Waals surface area (Å²) >= 11 is 0. The van der Waals surface area contributed by atoms with Gasteiger partial charge in [-0.15, -0.1) is 0 Å². The fraction of sp³-hybridized carbons (Fsp3) is 0.722. The number of ether oxygens (including phenoxy) is 3. The molecular formula is C18H28N3O9P. The maximum Gasteiger partial charge on any atom is 0.361 e. The molecule has 2 aliphatic heterocycles. The van der Waals surface area contributed by atoms with Gasteiger partial charge in [-0.3, -0.25) is 13.9 Å². The van der Waals surface area contributed by atoms with Crippen LogP contribution in [0.4, 0.5) is 5.82 Å². The predicted octanol–water partition coefficient (Wildman–Crippen LogP) is 1.20. The van der Waals surface area contributed by atoms with Gasteiger partial charge in [-0.2, -0.15) is 4.98 Å². The van der Waals surface area contributed by atoms with Crippen molar-refractivity contribution in [2.75, 3.05) is 18.5 Å². The van der Waals surface area contributed by atoms with Crippen molar-refractivity contribution in [2.24, 2.45) is 0 Å². The molecule has 3 heterocycles. The molecule has 1 amide bonds. The topological polar surface area (TPSA) is 147 Å². The number of nitrogens with zero attached hydrogens (tertiary/aromatic N) is 2. The van der Waals surface area contributed by atoms with Gasteiger partial charge in [0.05, 0.1) is 13.2 Å². The molecule has 31 heavy (non-hydrogen) atoms. The summed E-state index contributed by atoms with van der Waals surface area (Å²) < 4.78 is 42.5. The SMILES string of the molecule is CCOP(=O)(OCC)[C@H](O)[C@H]1O[C@@H](n2ccc(NC(C)=O)nc2=O)[C@@H]2OC(C)(C)O[C@@H]21. The highest BCUT2D eigenvalue weighted by molar-refractivity contribution is 7.54. The third-order valence-corrected chi connectivity index (χ3v) is 6.89. The Kier molecular flexibility index (Phi) is 7.02. The molecule has 0 saturated carbocycles. The van der Waals surface area contributed by atoms with E-state index in [1.807, 2.05) is 0 Å². The van der Waals surface area contributed by atoms with Crippen LogP contribution < -0.4 is 11.0 Å². The molecule has 0 bridgehead atoms. The highest BCUT2D eigenvalue weighted by atomic mass is 31.2. The van der Waals surface area contributed by atoms with Gasteiger partial charge < -0.3 is 33.7 Å². The first-order valence-corrected chi connectivity index (χ1v) is 11.6. The van der Waals surface area contributed by atoms with Crippen LogP contribution in [0.25, 0.3) is 0 Å². The average molecular weight is 461 g/mol. The molecule has 12 nitrogen and oxygen atoms in total. The van der Waals surface area contributed by atoms with E-state index in [9.17, 15) is 19.3 Å². The van der Waals surface area contributed by atoms with Crippen LogP contribution in [0.15, 0.2) is 17.1 Å². The van der Waals surface area contributed by atoms with E-state index >= 15 is 0 Å². The molecule has 5 atom stereocenters. The summed E-state index contributed by atoms with van der Waals surface area (Å²) in [6.07, 6.45) is -2.48. The maximum atomic E-state index is 13.1. The second-order valence-electron chi connectivity index (χ2n) is 7.53. The third-order valence-electron chi connectivity index (χ3n) is 4.71. The monoisotopic (exact) mass is 461 g/mol. The summed E-state index contributed by atoms with van der Waals surface area (Å²) in [4.78, 5) is 27.6. The van der Waals surface area contributed by atoms with E-state index in [0.717, 1.165) is 4.57 Å². The van der Waals surface area contributed by atoms with Crippen LogP contribution in [0.5, 0.6) is 0 Å². The number of anilines is 1. The van der Waals surface area contributed by atoms with E-state index in [2.05, 4.69) is 10.3 Å². The summed E-state index contributed by atoms with van der Waals surface area (Å²) in [5.74, 6) is -3.00. The highest BCUT2D eigenvalue weighted by Crippen LogP contribution is 2.57. The summed E-state index contributed by atoms with van der Waals surface area (Å²) in [7, 11) is -3.96. The minimum atomic E-state index is -3.96. The summed E-state index contributed by atoms with van der Waals surface area (Å²) in [6.45, 7) is 8.00. The molecule has 3 rings (SSSR count). The van der Waals surface area contributed by atoms with Crippen LogP contribution in [0.2, 0.25) is 0 Å². The Morgan fingerprint density at radius 2 is 1.94 bits per heavy atom. The molecule has 2 aliphatic rings. The van der Waals surface area contributed by atoms with Crippen LogP contribution in [0.1, 0.15) is 40.8 Å². The molecule has 2 saturated heterocycles. The molecule has 0 aliphatic carbocycles. The predicted molar refractivity (Wildman–Crippen MR) is 107 cm³/mol. The van der Waals surface area contributed by atoms with E-state index in [-0.39, 0.29) is 24.9 Å². The molecule has 0 spiro atoms. The first-order valence-electron chi connectivity index (χ1n) is 9.96. The lowest BCUT2D eigenvalue weighted by molar-refractivity contribution is -0.204. The molecule has 0 aromatic carbocycles. The van der Waals surface area contributed by atoms with Gasteiger partial charge in [0, 0.05) is 13.1 Å². The third kappa shape index (κ3) is 4.90. The zero-order chi connectivity index (χ0) is 23.0. The van der Waals surface area contributed by atoms with Gasteiger partial charge in [-0.25, -0.2) is 4.79 Å². The number of nitrogens with one attached hydrogen (secondary N) is 1. The number of hydrogen-bond acceptors (Lipinski definition) is 10. The zero-order valence-corrected chi connectivity index (χ0v) is 18.9. The normalized spacial score (nSPS) is 28.3. The number of fused-ring (bicyclic) bond motifs is 1. The number of aliphatic hydroxyl groups excluding tert-OH is 1. The zero-order valence-electron chi connectivity index (χ0n) is 18.0. The Labute approximate surface area is 179 Å². The number of aromatic nitrogens is 2. The Balaban J connectivity index is 1.94. The lowest BCUT2D eigenvalue weighted by Gasteiger charge is -2.30. The van der Waals surface area contributed by atoms with Crippen molar-refractivity contribution >= 4 is 19.3 Å². The van der Waals surface area contributed by atoms with Gasteiger partial charge in [0.15, 0.2) is 17.9 Å². The van der Waals surface area contributed by atoms with E-state index < -0.39 is 49.5 Å². The standard InChI is InChI=1S/C18H28N3O9P/c1-6-26-31(25,27-7-2)16(23)14-12-13(30-18(4,5)29-12)15(28-14)21-9-8-11(19-10(3)22)20-17(21)24/h8-9,12-16,23H,6-7H2,1-5H3,(H,19,20,22,24)/t12-,13+,14-,15+,16-/m0/s1. The first-order chi connectivity index (χ1) is 14.5. The smallest absolute Gasteiger partial charge is 0.361 e. The van der Waals surface area contributed by atoms with Gasteiger partial charge in [0.2, 0.25) is 5.91 Å². The summed E-state index contributed by atoms with van der Waals surface area (Å²) in [5.41, 5.74) is -0.712. The number of amides is 1. The highest BCUT2D eigenvalue weighted by Gasteiger charge is 2.61. The summed E-state index contributed by atoms with van der Waals surface area (Å²) in [6, 6.07) is 1.43. The number of carbonyl (C=O) groups excluding carboxylic acids is 1. The second kappa shape index (κ2) is 9.07. The molecular weight excluding hydrogens is 433 g/mol. The van der Waals surface area contributed by atoms with Gasteiger partial charge in [-0.1, -0.05) is 0 Å². The van der Waals surface area contributed by atoms with E-state index in [1.54, 1.807) is 27.7 Å². The molecule has 0 unspecified atom stereocenters. The molecule has 0 radical (unpaired) electrons. The van der Waals surface area contributed by atoms with Crippen LogP contribution in [-0.2, 0) is 32.6 Å².